The number of halogens is 2. The number of aryl methyl sites for hydroxylation is 1. The maximum atomic E-state index is 13.5. The number of nitrogens with one attached hydrogen (secondary N) is 1. The van der Waals surface area contributed by atoms with E-state index in [-0.39, 0.29) is 16.9 Å². The fraction of sp³-hybridized carbons (Fsp3) is 0.400. The average Bonchev–Trinajstić information content (AvgIpc) is 2.85. The summed E-state index contributed by atoms with van der Waals surface area (Å²) in [6.45, 7) is 3.03. The summed E-state index contributed by atoms with van der Waals surface area (Å²) in [4.78, 5) is 4.15. The molecule has 20 heavy (non-hydrogen) atoms. The second-order valence-corrected chi connectivity index (χ2v) is 5.30. The number of benzene rings is 1. The number of aromatic nitrogens is 2. The molecule has 1 atom stereocenters. The maximum absolute atomic E-state index is 13.5. The number of imidazole rings is 1. The topological polar surface area (TPSA) is 29.9 Å². The van der Waals surface area contributed by atoms with Crippen LogP contribution in [-0.4, -0.2) is 16.1 Å². The average molecular weight is 296 g/mol. The van der Waals surface area contributed by atoms with Crippen molar-refractivity contribution in [1.82, 2.24) is 14.9 Å². The molecule has 1 aromatic carbocycles. The zero-order chi connectivity index (χ0) is 14.5. The van der Waals surface area contributed by atoms with E-state index in [0.717, 1.165) is 24.2 Å². The SMILES string of the molecule is CCCNC(Cc1ccc(Cl)c(F)c1)c1cncn1C. The van der Waals surface area contributed by atoms with Crippen LogP contribution in [-0.2, 0) is 13.5 Å². The Balaban J connectivity index is 2.19. The van der Waals surface area contributed by atoms with E-state index in [1.165, 1.54) is 6.07 Å². The van der Waals surface area contributed by atoms with E-state index in [4.69, 9.17) is 11.6 Å². The van der Waals surface area contributed by atoms with Crippen LogP contribution in [0.4, 0.5) is 4.39 Å². The Morgan fingerprint density at radius 1 is 1.45 bits per heavy atom. The molecule has 1 N–H and O–H groups in total. The molecule has 3 nitrogen and oxygen atoms in total. The molecule has 5 heteroatoms. The highest BCUT2D eigenvalue weighted by molar-refractivity contribution is 6.30. The highest BCUT2D eigenvalue weighted by Gasteiger charge is 2.15. The smallest absolute Gasteiger partial charge is 0.142 e. The standard InChI is InChI=1S/C15H19ClFN3/c1-3-6-19-14(15-9-18-10-20(15)2)8-11-4-5-12(16)13(17)7-11/h4-5,7,9-10,14,19H,3,6,8H2,1-2H3. The van der Waals surface area contributed by atoms with Crippen LogP contribution in [0.15, 0.2) is 30.7 Å². The minimum absolute atomic E-state index is 0.114. The van der Waals surface area contributed by atoms with Gasteiger partial charge in [0.15, 0.2) is 0 Å². The molecule has 0 saturated carbocycles. The van der Waals surface area contributed by atoms with Crippen molar-refractivity contribution in [2.24, 2.45) is 7.05 Å². The summed E-state index contributed by atoms with van der Waals surface area (Å²) in [7, 11) is 1.96. The van der Waals surface area contributed by atoms with Crippen LogP contribution in [0, 0.1) is 5.82 Å². The molecule has 0 spiro atoms. The van der Waals surface area contributed by atoms with Crippen molar-refractivity contribution in [3.63, 3.8) is 0 Å². The number of nitrogens with zero attached hydrogens (tertiary/aromatic N) is 2. The lowest BCUT2D eigenvalue weighted by atomic mass is 10.0. The molecule has 2 aromatic rings. The van der Waals surface area contributed by atoms with E-state index in [1.54, 1.807) is 12.4 Å². The summed E-state index contributed by atoms with van der Waals surface area (Å²) in [6.07, 6.45) is 5.37. The number of hydrogen-bond acceptors (Lipinski definition) is 2. The molecule has 2 rings (SSSR count). The van der Waals surface area contributed by atoms with Crippen LogP contribution in [0.2, 0.25) is 5.02 Å². The largest absolute Gasteiger partial charge is 0.336 e. The fourth-order valence-corrected chi connectivity index (χ4v) is 2.32. The highest BCUT2D eigenvalue weighted by Crippen LogP contribution is 2.21. The van der Waals surface area contributed by atoms with E-state index in [9.17, 15) is 4.39 Å². The van der Waals surface area contributed by atoms with Crippen LogP contribution in [0.25, 0.3) is 0 Å². The van der Waals surface area contributed by atoms with Crippen LogP contribution >= 0.6 is 11.6 Å². The third-order valence-corrected chi connectivity index (χ3v) is 3.58. The predicted molar refractivity (Wildman–Crippen MR) is 79.4 cm³/mol. The van der Waals surface area contributed by atoms with Gasteiger partial charge in [0.25, 0.3) is 0 Å². The highest BCUT2D eigenvalue weighted by atomic mass is 35.5. The molecular formula is C15H19ClFN3. The van der Waals surface area contributed by atoms with Gasteiger partial charge in [-0.25, -0.2) is 9.37 Å². The van der Waals surface area contributed by atoms with Crippen molar-refractivity contribution in [3.05, 3.63) is 52.8 Å². The second kappa shape index (κ2) is 6.86. The molecule has 0 aliphatic rings. The van der Waals surface area contributed by atoms with E-state index in [0.29, 0.717) is 6.42 Å². The quantitative estimate of drug-likeness (QED) is 0.884. The van der Waals surface area contributed by atoms with Gasteiger partial charge in [0.2, 0.25) is 0 Å². The van der Waals surface area contributed by atoms with E-state index in [1.807, 2.05) is 23.9 Å². The molecule has 0 amide bonds. The van der Waals surface area contributed by atoms with Crippen LogP contribution in [0.5, 0.6) is 0 Å². The normalized spacial score (nSPS) is 12.6. The molecule has 0 radical (unpaired) electrons. The molecular weight excluding hydrogens is 277 g/mol. The lowest BCUT2D eigenvalue weighted by Gasteiger charge is -2.19. The van der Waals surface area contributed by atoms with Gasteiger partial charge in [-0.2, -0.15) is 0 Å². The van der Waals surface area contributed by atoms with Crippen molar-refractivity contribution in [2.75, 3.05) is 6.54 Å². The molecule has 0 fully saturated rings. The van der Waals surface area contributed by atoms with Gasteiger partial charge in [0, 0.05) is 13.2 Å². The van der Waals surface area contributed by atoms with Crippen molar-refractivity contribution in [1.29, 1.82) is 0 Å². The molecule has 0 aliphatic carbocycles. The molecule has 1 aromatic heterocycles. The Kier molecular flexibility index (Phi) is 5.15. The predicted octanol–water partition coefficient (Wildman–Crippen LogP) is 3.50. The van der Waals surface area contributed by atoms with Crippen molar-refractivity contribution in [3.8, 4) is 0 Å². The zero-order valence-corrected chi connectivity index (χ0v) is 12.5. The van der Waals surface area contributed by atoms with Crippen LogP contribution in [0.3, 0.4) is 0 Å². The van der Waals surface area contributed by atoms with Crippen molar-refractivity contribution < 1.29 is 4.39 Å². The number of hydrogen-bond donors (Lipinski definition) is 1. The summed E-state index contributed by atoms with van der Waals surface area (Å²) in [5, 5.41) is 3.64. The molecule has 1 unspecified atom stereocenters. The molecule has 0 aliphatic heterocycles. The minimum atomic E-state index is -0.372. The Labute approximate surface area is 123 Å². The first kappa shape index (κ1) is 15.0. The van der Waals surface area contributed by atoms with Crippen molar-refractivity contribution >= 4 is 11.6 Å². The first-order valence-corrected chi connectivity index (χ1v) is 7.13. The third-order valence-electron chi connectivity index (χ3n) is 3.28. The van der Waals surface area contributed by atoms with Gasteiger partial charge in [-0.05, 0) is 37.1 Å². The maximum Gasteiger partial charge on any atom is 0.142 e. The summed E-state index contributed by atoms with van der Waals surface area (Å²) in [5.41, 5.74) is 2.01. The third kappa shape index (κ3) is 3.58. The van der Waals surface area contributed by atoms with Gasteiger partial charge in [-0.1, -0.05) is 24.6 Å². The summed E-state index contributed by atoms with van der Waals surface area (Å²) >= 11 is 5.72. The van der Waals surface area contributed by atoms with Gasteiger partial charge >= 0.3 is 0 Å². The van der Waals surface area contributed by atoms with Gasteiger partial charge in [-0.3, -0.25) is 0 Å². The molecule has 1 heterocycles. The fourth-order valence-electron chi connectivity index (χ4n) is 2.21. The lowest BCUT2D eigenvalue weighted by molar-refractivity contribution is 0.502. The zero-order valence-electron chi connectivity index (χ0n) is 11.7. The van der Waals surface area contributed by atoms with Crippen molar-refractivity contribution in [2.45, 2.75) is 25.8 Å². The van der Waals surface area contributed by atoms with Crippen LogP contribution < -0.4 is 5.32 Å². The lowest BCUT2D eigenvalue weighted by Crippen LogP contribution is -2.25. The molecule has 0 bridgehead atoms. The van der Waals surface area contributed by atoms with Gasteiger partial charge in [0.1, 0.15) is 5.82 Å². The summed E-state index contributed by atoms with van der Waals surface area (Å²) < 4.78 is 15.5. The monoisotopic (exact) mass is 295 g/mol. The molecule has 108 valence electrons. The van der Waals surface area contributed by atoms with Gasteiger partial charge in [-0.15, -0.1) is 0 Å². The van der Waals surface area contributed by atoms with Gasteiger partial charge in [0.05, 0.1) is 23.1 Å². The first-order valence-electron chi connectivity index (χ1n) is 6.75. The van der Waals surface area contributed by atoms with E-state index >= 15 is 0 Å². The number of rotatable bonds is 6. The Morgan fingerprint density at radius 3 is 2.85 bits per heavy atom. The molecule has 0 saturated heterocycles. The Bertz CT molecular complexity index is 568. The Morgan fingerprint density at radius 2 is 2.25 bits per heavy atom. The summed E-state index contributed by atoms with van der Waals surface area (Å²) in [6, 6.07) is 5.08. The van der Waals surface area contributed by atoms with E-state index < -0.39 is 0 Å². The second-order valence-electron chi connectivity index (χ2n) is 4.89. The Hall–Kier alpha value is -1.39. The summed E-state index contributed by atoms with van der Waals surface area (Å²) in [5.74, 6) is -0.372. The van der Waals surface area contributed by atoms with Gasteiger partial charge < -0.3 is 9.88 Å². The minimum Gasteiger partial charge on any atom is -0.336 e. The van der Waals surface area contributed by atoms with E-state index in [2.05, 4.69) is 17.2 Å². The first-order chi connectivity index (χ1) is 9.61. The van der Waals surface area contributed by atoms with Crippen LogP contribution in [0.1, 0.15) is 30.6 Å².